The van der Waals surface area contributed by atoms with Crippen molar-refractivity contribution in [2.45, 2.75) is 38.6 Å². The number of furan rings is 1. The maximum atomic E-state index is 13.3. The van der Waals surface area contributed by atoms with Crippen molar-refractivity contribution in [1.29, 1.82) is 0 Å². The average molecular weight is 345 g/mol. The van der Waals surface area contributed by atoms with Crippen molar-refractivity contribution >= 4 is 5.91 Å². The summed E-state index contributed by atoms with van der Waals surface area (Å²) < 4.78 is 45.6. The van der Waals surface area contributed by atoms with Crippen LogP contribution in [0.4, 0.5) is 13.2 Å². The Kier molecular flexibility index (Phi) is 4.75. The molecule has 2 rings (SSSR count). The summed E-state index contributed by atoms with van der Waals surface area (Å²) in [6, 6.07) is 2.50. The topological polar surface area (TPSA) is 80.3 Å². The molecule has 0 aliphatic rings. The minimum absolute atomic E-state index is 0.191. The summed E-state index contributed by atoms with van der Waals surface area (Å²) in [5.41, 5.74) is -3.26. The van der Waals surface area contributed by atoms with E-state index in [-0.39, 0.29) is 12.3 Å². The lowest BCUT2D eigenvalue weighted by atomic mass is 10.0. The van der Waals surface area contributed by atoms with E-state index in [9.17, 15) is 23.1 Å². The van der Waals surface area contributed by atoms with E-state index in [2.05, 4.69) is 10.4 Å². The van der Waals surface area contributed by atoms with E-state index >= 15 is 0 Å². The third-order valence-corrected chi connectivity index (χ3v) is 3.44. The summed E-state index contributed by atoms with van der Waals surface area (Å²) in [6.07, 6.45) is -2.50. The number of hydrogen-bond acceptors (Lipinski definition) is 4. The molecule has 132 valence electrons. The summed E-state index contributed by atoms with van der Waals surface area (Å²) in [5.74, 6) is -0.780. The highest BCUT2D eigenvalue weighted by Crippen LogP contribution is 2.33. The Bertz CT molecular complexity index is 703. The zero-order valence-electron chi connectivity index (χ0n) is 13.4. The normalized spacial score (nSPS) is 14.7. The second-order valence-corrected chi connectivity index (χ2v) is 5.88. The first kappa shape index (κ1) is 18.1. The van der Waals surface area contributed by atoms with Crippen molar-refractivity contribution < 1.29 is 27.5 Å². The lowest BCUT2D eigenvalue weighted by Gasteiger charge is -2.21. The van der Waals surface area contributed by atoms with Gasteiger partial charge in [-0.15, -0.1) is 0 Å². The third-order valence-electron chi connectivity index (χ3n) is 3.44. The molecule has 2 aromatic rings. The third kappa shape index (κ3) is 3.61. The van der Waals surface area contributed by atoms with Crippen LogP contribution in [-0.4, -0.2) is 27.3 Å². The highest BCUT2D eigenvalue weighted by molar-refractivity contribution is 5.95. The molecule has 0 spiro atoms. The number of aliphatic hydroxyl groups is 1. The molecule has 0 radical (unpaired) electrons. The highest BCUT2D eigenvalue weighted by atomic mass is 19.4. The van der Waals surface area contributed by atoms with Crippen LogP contribution in [0.1, 0.15) is 48.6 Å². The Hall–Kier alpha value is -2.29. The molecule has 0 saturated heterocycles. The lowest BCUT2D eigenvalue weighted by molar-refractivity contribution is -0.145. The van der Waals surface area contributed by atoms with Gasteiger partial charge >= 0.3 is 6.18 Å². The minimum Gasteiger partial charge on any atom is -0.466 e. The molecule has 1 amide bonds. The number of hydrogen-bond donors (Lipinski definition) is 2. The standard InChI is InChI=1S/C15H18F3N3O3/c1-9(2)21-12(15(16,17)18)10(7-20-21)13(22)19-8-14(3,23)11-5-4-6-24-11/h4-7,9,23H,8H2,1-3H3,(H,19,22). The number of rotatable bonds is 5. The smallest absolute Gasteiger partial charge is 0.433 e. The largest absolute Gasteiger partial charge is 0.466 e. The van der Waals surface area contributed by atoms with Gasteiger partial charge in [-0.05, 0) is 32.9 Å². The molecule has 0 aliphatic heterocycles. The molecule has 0 aliphatic carbocycles. The first-order valence-corrected chi connectivity index (χ1v) is 7.23. The van der Waals surface area contributed by atoms with Crippen molar-refractivity contribution in [3.8, 4) is 0 Å². The van der Waals surface area contributed by atoms with Gasteiger partial charge in [0.1, 0.15) is 11.4 Å². The van der Waals surface area contributed by atoms with Crippen molar-refractivity contribution in [3.05, 3.63) is 41.6 Å². The Balaban J connectivity index is 2.22. The molecular weight excluding hydrogens is 327 g/mol. The summed E-state index contributed by atoms with van der Waals surface area (Å²) >= 11 is 0. The summed E-state index contributed by atoms with van der Waals surface area (Å²) in [4.78, 5) is 12.2. The van der Waals surface area contributed by atoms with E-state index < -0.39 is 35.0 Å². The molecule has 2 aromatic heterocycles. The first-order chi connectivity index (χ1) is 11.0. The monoisotopic (exact) mass is 345 g/mol. The number of aromatic nitrogens is 2. The zero-order chi connectivity index (χ0) is 18.1. The molecule has 1 unspecified atom stereocenters. The van der Waals surface area contributed by atoms with Crippen LogP contribution in [0.2, 0.25) is 0 Å². The molecule has 0 saturated carbocycles. The Labute approximate surface area is 136 Å². The fourth-order valence-corrected chi connectivity index (χ4v) is 2.22. The quantitative estimate of drug-likeness (QED) is 0.873. The number of nitrogens with zero attached hydrogens (tertiary/aromatic N) is 2. The van der Waals surface area contributed by atoms with E-state index in [1.807, 2.05) is 0 Å². The van der Waals surface area contributed by atoms with Gasteiger partial charge in [-0.1, -0.05) is 0 Å². The van der Waals surface area contributed by atoms with Gasteiger partial charge in [0, 0.05) is 6.04 Å². The van der Waals surface area contributed by atoms with Gasteiger partial charge in [0.05, 0.1) is 24.6 Å². The molecule has 24 heavy (non-hydrogen) atoms. The van der Waals surface area contributed by atoms with Crippen molar-refractivity contribution in [1.82, 2.24) is 15.1 Å². The molecule has 0 aromatic carbocycles. The van der Waals surface area contributed by atoms with Crippen LogP contribution in [-0.2, 0) is 11.8 Å². The van der Waals surface area contributed by atoms with Gasteiger partial charge in [-0.3, -0.25) is 9.48 Å². The molecule has 6 nitrogen and oxygen atoms in total. The summed E-state index contributed by atoms with van der Waals surface area (Å²) in [7, 11) is 0. The molecule has 1 atom stereocenters. The first-order valence-electron chi connectivity index (χ1n) is 7.23. The maximum absolute atomic E-state index is 13.3. The van der Waals surface area contributed by atoms with Crippen molar-refractivity contribution in [2.75, 3.05) is 6.54 Å². The number of carbonyl (C=O) groups is 1. The molecule has 9 heteroatoms. The second-order valence-electron chi connectivity index (χ2n) is 5.88. The average Bonchev–Trinajstić information content (AvgIpc) is 3.12. The predicted octanol–water partition coefficient (Wildman–Crippen LogP) is 2.71. The van der Waals surface area contributed by atoms with Crippen LogP contribution in [0.5, 0.6) is 0 Å². The molecule has 0 fully saturated rings. The van der Waals surface area contributed by atoms with Crippen LogP contribution in [0.3, 0.4) is 0 Å². The van der Waals surface area contributed by atoms with E-state index in [0.29, 0.717) is 0 Å². The fourth-order valence-electron chi connectivity index (χ4n) is 2.22. The van der Waals surface area contributed by atoms with Crippen LogP contribution in [0.25, 0.3) is 0 Å². The van der Waals surface area contributed by atoms with Gasteiger partial charge in [0.2, 0.25) is 0 Å². The molecule has 2 heterocycles. The number of nitrogens with one attached hydrogen (secondary N) is 1. The predicted molar refractivity (Wildman–Crippen MR) is 78.2 cm³/mol. The van der Waals surface area contributed by atoms with E-state index in [4.69, 9.17) is 4.42 Å². The Morgan fingerprint density at radius 1 is 1.46 bits per heavy atom. The maximum Gasteiger partial charge on any atom is 0.433 e. The van der Waals surface area contributed by atoms with Gasteiger partial charge < -0.3 is 14.8 Å². The Morgan fingerprint density at radius 3 is 2.62 bits per heavy atom. The van der Waals surface area contributed by atoms with Crippen LogP contribution >= 0.6 is 0 Å². The number of carbonyl (C=O) groups excluding carboxylic acids is 1. The van der Waals surface area contributed by atoms with Gasteiger partial charge in [-0.25, -0.2) is 0 Å². The summed E-state index contributed by atoms with van der Waals surface area (Å²) in [6.45, 7) is 4.13. The van der Waals surface area contributed by atoms with Gasteiger partial charge in [0.25, 0.3) is 5.91 Å². The zero-order valence-corrected chi connectivity index (χ0v) is 13.4. The molecular formula is C15H18F3N3O3. The molecule has 2 N–H and O–H groups in total. The van der Waals surface area contributed by atoms with Gasteiger partial charge in [-0.2, -0.15) is 18.3 Å². The SMILES string of the molecule is CC(C)n1ncc(C(=O)NCC(C)(O)c2ccco2)c1C(F)(F)F. The Morgan fingerprint density at radius 2 is 2.12 bits per heavy atom. The minimum atomic E-state index is -4.73. The van der Waals surface area contributed by atoms with Crippen LogP contribution in [0.15, 0.2) is 29.0 Å². The van der Waals surface area contributed by atoms with Crippen LogP contribution < -0.4 is 5.32 Å². The van der Waals surface area contributed by atoms with Crippen LogP contribution in [0, 0.1) is 0 Å². The number of amides is 1. The lowest BCUT2D eigenvalue weighted by Crippen LogP contribution is -2.39. The van der Waals surface area contributed by atoms with E-state index in [1.165, 1.54) is 33.1 Å². The molecule has 0 bridgehead atoms. The van der Waals surface area contributed by atoms with Crippen molar-refractivity contribution in [3.63, 3.8) is 0 Å². The van der Waals surface area contributed by atoms with Gasteiger partial charge in [0.15, 0.2) is 5.69 Å². The second kappa shape index (κ2) is 6.31. The summed E-state index contributed by atoms with van der Waals surface area (Å²) in [5, 5.41) is 16.2. The fraction of sp³-hybridized carbons (Fsp3) is 0.467. The van der Waals surface area contributed by atoms with Crippen molar-refractivity contribution in [2.24, 2.45) is 0 Å². The number of alkyl halides is 3. The van der Waals surface area contributed by atoms with E-state index in [1.54, 1.807) is 6.07 Å². The number of halogens is 3. The van der Waals surface area contributed by atoms with E-state index in [0.717, 1.165) is 10.9 Å². The highest BCUT2D eigenvalue weighted by Gasteiger charge is 2.41.